The predicted octanol–water partition coefficient (Wildman–Crippen LogP) is 2.63. The Morgan fingerprint density at radius 1 is 1.08 bits per heavy atom. The Bertz CT molecular complexity index is 963. The van der Waals surface area contributed by atoms with E-state index >= 15 is 0 Å². The number of aromatic nitrogens is 4. The average Bonchev–Trinajstić information content (AvgIpc) is 2.53. The van der Waals surface area contributed by atoms with Gasteiger partial charge >= 0.3 is 0 Å². The summed E-state index contributed by atoms with van der Waals surface area (Å²) in [6.45, 7) is 8.05. The third-order valence-electron chi connectivity index (χ3n) is 4.00. The van der Waals surface area contributed by atoms with Gasteiger partial charge in [0.15, 0.2) is 0 Å². The normalized spacial score (nSPS) is 11.0. The van der Waals surface area contributed by atoms with Crippen molar-refractivity contribution in [3.8, 4) is 5.75 Å². The lowest BCUT2D eigenvalue weighted by atomic mass is 10.1. The van der Waals surface area contributed by atoms with Crippen LogP contribution in [0.3, 0.4) is 0 Å². The first-order valence-corrected chi connectivity index (χ1v) is 7.95. The first-order chi connectivity index (χ1) is 11.5. The Kier molecular flexibility index (Phi) is 4.29. The molecule has 24 heavy (non-hydrogen) atoms. The van der Waals surface area contributed by atoms with E-state index in [9.17, 15) is 4.79 Å². The first kappa shape index (κ1) is 16.1. The van der Waals surface area contributed by atoms with Crippen LogP contribution in [0.25, 0.3) is 10.9 Å². The Balaban J connectivity index is 2.07. The maximum Gasteiger partial charge on any atom is 0.254 e. The van der Waals surface area contributed by atoms with Gasteiger partial charge in [0.2, 0.25) is 0 Å². The van der Waals surface area contributed by atoms with Crippen LogP contribution in [0.2, 0.25) is 0 Å². The molecule has 3 rings (SSSR count). The van der Waals surface area contributed by atoms with Gasteiger partial charge in [-0.1, -0.05) is 12.1 Å². The van der Waals surface area contributed by atoms with Gasteiger partial charge in [-0.25, -0.2) is 15.0 Å². The smallest absolute Gasteiger partial charge is 0.254 e. The number of H-pyrrole nitrogens is 1. The molecule has 0 bridgehead atoms. The summed E-state index contributed by atoms with van der Waals surface area (Å²) in [5.74, 6) is 1.91. The molecule has 0 spiro atoms. The fraction of sp³-hybridized carbons (Fsp3) is 0.333. The highest BCUT2D eigenvalue weighted by molar-refractivity contribution is 5.86. The number of aryl methyl sites for hydroxylation is 2. The number of rotatable bonds is 4. The maximum absolute atomic E-state index is 11.9. The van der Waals surface area contributed by atoms with Gasteiger partial charge in [-0.15, -0.1) is 0 Å². The van der Waals surface area contributed by atoms with Crippen molar-refractivity contribution in [1.82, 2.24) is 19.9 Å². The van der Waals surface area contributed by atoms with Crippen LogP contribution in [0.5, 0.6) is 5.75 Å². The highest BCUT2D eigenvalue weighted by atomic mass is 16.5. The molecule has 1 aromatic carbocycles. The lowest BCUT2D eigenvalue weighted by Gasteiger charge is -2.10. The number of benzene rings is 1. The highest BCUT2D eigenvalue weighted by Crippen LogP contribution is 2.25. The van der Waals surface area contributed by atoms with Crippen LogP contribution < -0.4 is 10.3 Å². The lowest BCUT2D eigenvalue weighted by molar-refractivity contribution is 0.343. The van der Waals surface area contributed by atoms with Gasteiger partial charge in [0.25, 0.3) is 5.56 Å². The minimum absolute atomic E-state index is 0.120. The molecule has 2 aromatic heterocycles. The van der Waals surface area contributed by atoms with Crippen molar-refractivity contribution in [1.29, 1.82) is 0 Å². The molecular formula is C18H20N4O2. The molecule has 0 radical (unpaired) electrons. The van der Waals surface area contributed by atoms with Gasteiger partial charge in [-0.3, -0.25) is 4.79 Å². The van der Waals surface area contributed by atoms with E-state index in [2.05, 4.69) is 19.9 Å². The fourth-order valence-corrected chi connectivity index (χ4v) is 2.63. The SMILES string of the molecule is CCOc1cccc2c(C)nc(Cc3nc(C)c(C)c(=O)[nH]3)nc12. The minimum Gasteiger partial charge on any atom is -0.492 e. The van der Waals surface area contributed by atoms with E-state index < -0.39 is 0 Å². The molecule has 0 aliphatic rings. The van der Waals surface area contributed by atoms with Crippen LogP contribution in [0.4, 0.5) is 0 Å². The average molecular weight is 324 g/mol. The molecule has 2 heterocycles. The van der Waals surface area contributed by atoms with E-state index in [0.29, 0.717) is 30.2 Å². The molecule has 124 valence electrons. The summed E-state index contributed by atoms with van der Waals surface area (Å²) in [6, 6.07) is 5.82. The molecule has 0 amide bonds. The largest absolute Gasteiger partial charge is 0.492 e. The number of nitrogens with zero attached hydrogens (tertiary/aromatic N) is 3. The molecule has 0 saturated heterocycles. The van der Waals surface area contributed by atoms with E-state index in [1.54, 1.807) is 6.92 Å². The molecule has 6 nitrogen and oxygen atoms in total. The molecule has 1 N–H and O–H groups in total. The monoisotopic (exact) mass is 324 g/mol. The van der Waals surface area contributed by atoms with Gasteiger partial charge in [0.1, 0.15) is 22.9 Å². The van der Waals surface area contributed by atoms with Gasteiger partial charge in [0.05, 0.1) is 13.0 Å². The number of ether oxygens (including phenoxy) is 1. The summed E-state index contributed by atoms with van der Waals surface area (Å²) in [5, 5.41) is 0.964. The zero-order chi connectivity index (χ0) is 17.3. The van der Waals surface area contributed by atoms with Crippen molar-refractivity contribution in [2.75, 3.05) is 6.61 Å². The van der Waals surface area contributed by atoms with Gasteiger partial charge in [-0.05, 0) is 33.8 Å². The molecule has 0 unspecified atom stereocenters. The van der Waals surface area contributed by atoms with Gasteiger partial charge < -0.3 is 9.72 Å². The summed E-state index contributed by atoms with van der Waals surface area (Å²) in [7, 11) is 0. The van der Waals surface area contributed by atoms with E-state index in [4.69, 9.17) is 4.74 Å². The number of hydrogen-bond donors (Lipinski definition) is 1. The predicted molar refractivity (Wildman–Crippen MR) is 92.6 cm³/mol. The van der Waals surface area contributed by atoms with Crippen molar-refractivity contribution >= 4 is 10.9 Å². The van der Waals surface area contributed by atoms with Crippen molar-refractivity contribution in [3.05, 3.63) is 57.2 Å². The Morgan fingerprint density at radius 3 is 2.58 bits per heavy atom. The van der Waals surface area contributed by atoms with E-state index in [0.717, 1.165) is 28.0 Å². The van der Waals surface area contributed by atoms with Crippen LogP contribution in [0.1, 0.15) is 35.5 Å². The Hall–Kier alpha value is -2.76. The fourth-order valence-electron chi connectivity index (χ4n) is 2.63. The highest BCUT2D eigenvalue weighted by Gasteiger charge is 2.11. The van der Waals surface area contributed by atoms with Crippen LogP contribution in [0.15, 0.2) is 23.0 Å². The van der Waals surface area contributed by atoms with Crippen LogP contribution in [-0.2, 0) is 6.42 Å². The third kappa shape index (κ3) is 2.99. The number of aromatic amines is 1. The Morgan fingerprint density at radius 2 is 1.88 bits per heavy atom. The second-order valence-corrected chi connectivity index (χ2v) is 5.71. The summed E-state index contributed by atoms with van der Waals surface area (Å²) in [6.07, 6.45) is 0.369. The standard InChI is InChI=1S/C18H20N4O2/c1-5-24-14-8-6-7-13-12(4)20-15(21-17(13)14)9-16-19-11(3)10(2)18(23)22-16/h6-8H,5,9H2,1-4H3,(H,19,22,23). The van der Waals surface area contributed by atoms with Crippen LogP contribution in [0, 0.1) is 20.8 Å². The summed E-state index contributed by atoms with van der Waals surface area (Å²) in [4.78, 5) is 28.3. The quantitative estimate of drug-likeness (QED) is 0.798. The number of nitrogens with one attached hydrogen (secondary N) is 1. The van der Waals surface area contributed by atoms with E-state index in [1.807, 2.05) is 39.0 Å². The zero-order valence-corrected chi connectivity index (χ0v) is 14.3. The topological polar surface area (TPSA) is 80.8 Å². The minimum atomic E-state index is -0.120. The number of para-hydroxylation sites is 1. The molecule has 0 aliphatic carbocycles. The van der Waals surface area contributed by atoms with Crippen LogP contribution >= 0.6 is 0 Å². The van der Waals surface area contributed by atoms with Gasteiger partial charge in [-0.2, -0.15) is 0 Å². The molecule has 0 atom stereocenters. The second kappa shape index (κ2) is 6.39. The molecular weight excluding hydrogens is 304 g/mol. The van der Waals surface area contributed by atoms with Gasteiger partial charge in [0, 0.05) is 22.3 Å². The molecule has 6 heteroatoms. The van der Waals surface area contributed by atoms with Crippen molar-refractivity contribution in [2.45, 2.75) is 34.1 Å². The van der Waals surface area contributed by atoms with Crippen LogP contribution in [-0.4, -0.2) is 26.5 Å². The molecule has 3 aromatic rings. The summed E-state index contributed by atoms with van der Waals surface area (Å²) >= 11 is 0. The first-order valence-electron chi connectivity index (χ1n) is 7.95. The summed E-state index contributed by atoms with van der Waals surface area (Å²) < 4.78 is 5.67. The van der Waals surface area contributed by atoms with Crippen molar-refractivity contribution in [2.24, 2.45) is 0 Å². The summed E-state index contributed by atoms with van der Waals surface area (Å²) in [5.41, 5.74) is 2.90. The lowest BCUT2D eigenvalue weighted by Crippen LogP contribution is -2.17. The molecule has 0 fully saturated rings. The third-order valence-corrected chi connectivity index (χ3v) is 4.00. The molecule has 0 saturated carbocycles. The van der Waals surface area contributed by atoms with E-state index in [-0.39, 0.29) is 5.56 Å². The molecule has 0 aliphatic heterocycles. The second-order valence-electron chi connectivity index (χ2n) is 5.71. The Labute approximate surface area is 140 Å². The number of hydrogen-bond acceptors (Lipinski definition) is 5. The maximum atomic E-state index is 11.9. The number of fused-ring (bicyclic) bond motifs is 1. The van der Waals surface area contributed by atoms with Crippen molar-refractivity contribution < 1.29 is 4.74 Å². The van der Waals surface area contributed by atoms with E-state index in [1.165, 1.54) is 0 Å². The zero-order valence-electron chi connectivity index (χ0n) is 14.3. The van der Waals surface area contributed by atoms with Crippen molar-refractivity contribution in [3.63, 3.8) is 0 Å².